The Morgan fingerprint density at radius 2 is 0.410 bits per heavy atom. The van der Waals surface area contributed by atoms with Gasteiger partial charge < -0.3 is 0 Å². The summed E-state index contributed by atoms with van der Waals surface area (Å²) in [6.07, 6.45) is 45.0. The topological polar surface area (TPSA) is 40.5 Å². The first-order valence-electron chi connectivity index (χ1n) is 18.4. The summed E-state index contributed by atoms with van der Waals surface area (Å²) in [6, 6.07) is 0. The molecule has 2 nitrogen and oxygen atoms in total. The van der Waals surface area contributed by atoms with Gasteiger partial charge >= 0.3 is 0 Å². The average Bonchev–Trinajstić information content (AvgIpc) is 2.92. The van der Waals surface area contributed by atoms with Crippen molar-refractivity contribution in [3.05, 3.63) is 0 Å². The third-order valence-corrected chi connectivity index (χ3v) is 10.8. The quantitative estimate of drug-likeness (QED) is 0.0595. The zero-order chi connectivity index (χ0) is 28.5. The normalized spacial score (nSPS) is 12.0. The second kappa shape index (κ2) is 32.9. The lowest BCUT2D eigenvalue weighted by atomic mass is 10.0. The van der Waals surface area contributed by atoms with Gasteiger partial charge in [-0.2, -0.15) is 0 Å². The summed E-state index contributed by atoms with van der Waals surface area (Å²) in [4.78, 5) is 20.8. The van der Waals surface area contributed by atoms with E-state index in [2.05, 4.69) is 13.8 Å². The van der Waals surface area contributed by atoms with Crippen molar-refractivity contribution in [3.8, 4) is 0 Å². The Morgan fingerprint density at radius 3 is 0.590 bits per heavy atom. The van der Waals surface area contributed by atoms with Gasteiger partial charge in [-0.3, -0.25) is 0 Å². The van der Waals surface area contributed by atoms with Crippen LogP contribution in [0.3, 0.4) is 0 Å². The fourth-order valence-corrected chi connectivity index (χ4v) is 7.62. The van der Waals surface area contributed by atoms with Crippen LogP contribution in [0.4, 0.5) is 0 Å². The van der Waals surface area contributed by atoms with Crippen molar-refractivity contribution >= 4 is 7.72 Å². The standard InChI is InChI=1S/C36H76O2P/c1-3-5-7-9-11-13-15-17-19-21-23-25-27-29-31-33-35-39(37,38)36-34-32-30-28-26-24-22-20-18-16-14-12-10-8-6-4-2/h37-38H,3-36H2,1-2H3/q+1. The molecule has 0 aromatic carbocycles. The van der Waals surface area contributed by atoms with E-state index >= 15 is 0 Å². The molecule has 2 N–H and O–H groups in total. The lowest BCUT2D eigenvalue weighted by Crippen LogP contribution is -2.02. The van der Waals surface area contributed by atoms with Crippen molar-refractivity contribution in [1.29, 1.82) is 0 Å². The van der Waals surface area contributed by atoms with Gasteiger partial charge in [-0.15, -0.1) is 0 Å². The van der Waals surface area contributed by atoms with E-state index < -0.39 is 7.72 Å². The smallest absolute Gasteiger partial charge is 0.220 e. The van der Waals surface area contributed by atoms with Crippen LogP contribution in [0.5, 0.6) is 0 Å². The summed E-state index contributed by atoms with van der Waals surface area (Å²) in [5.74, 6) is 0. The van der Waals surface area contributed by atoms with Crippen LogP contribution in [0.2, 0.25) is 0 Å². The van der Waals surface area contributed by atoms with Crippen LogP contribution >= 0.6 is 7.72 Å². The van der Waals surface area contributed by atoms with E-state index in [4.69, 9.17) is 0 Å². The first-order chi connectivity index (χ1) is 19.1. The second-order valence-electron chi connectivity index (χ2n) is 12.9. The van der Waals surface area contributed by atoms with Gasteiger partial charge in [-0.05, 0) is 25.7 Å². The summed E-state index contributed by atoms with van der Waals surface area (Å²) in [7, 11) is -2.62. The molecule has 3 heteroatoms. The fraction of sp³-hybridized carbons (Fsp3) is 1.00. The molecule has 0 aromatic rings. The zero-order valence-corrected chi connectivity index (χ0v) is 28.3. The lowest BCUT2D eigenvalue weighted by Gasteiger charge is -2.12. The summed E-state index contributed by atoms with van der Waals surface area (Å²) in [5, 5.41) is 0. The molecule has 0 aliphatic carbocycles. The number of hydrogen-bond donors (Lipinski definition) is 2. The molecule has 0 unspecified atom stereocenters. The summed E-state index contributed by atoms with van der Waals surface area (Å²) in [5.41, 5.74) is 0. The molecule has 0 aromatic heterocycles. The number of hydrogen-bond acceptors (Lipinski definition) is 2. The molecule has 0 rings (SSSR count). The van der Waals surface area contributed by atoms with Crippen LogP contribution in [-0.2, 0) is 0 Å². The molecule has 0 heterocycles. The molecule has 0 radical (unpaired) electrons. The van der Waals surface area contributed by atoms with E-state index in [0.717, 1.165) is 12.8 Å². The summed E-state index contributed by atoms with van der Waals surface area (Å²) < 4.78 is 0. The third kappa shape index (κ3) is 34.5. The zero-order valence-electron chi connectivity index (χ0n) is 27.4. The predicted octanol–water partition coefficient (Wildman–Crippen LogP) is 13.3. The van der Waals surface area contributed by atoms with E-state index in [0.29, 0.717) is 12.3 Å². The van der Waals surface area contributed by atoms with Gasteiger partial charge in [0, 0.05) is 0 Å². The van der Waals surface area contributed by atoms with Gasteiger partial charge in [0.05, 0.1) is 0 Å². The summed E-state index contributed by atoms with van der Waals surface area (Å²) >= 11 is 0. The van der Waals surface area contributed by atoms with Crippen molar-refractivity contribution < 1.29 is 9.79 Å². The maximum atomic E-state index is 10.4. The van der Waals surface area contributed by atoms with E-state index in [1.165, 1.54) is 193 Å². The molecule has 0 saturated heterocycles. The molecule has 0 saturated carbocycles. The van der Waals surface area contributed by atoms with Gasteiger partial charge in [0.1, 0.15) is 12.3 Å². The van der Waals surface area contributed by atoms with Crippen LogP contribution in [0.1, 0.15) is 219 Å². The first kappa shape index (κ1) is 39.4. The highest BCUT2D eigenvalue weighted by Crippen LogP contribution is 2.51. The van der Waals surface area contributed by atoms with Crippen LogP contribution in [0.25, 0.3) is 0 Å². The molecule has 0 bridgehead atoms. The second-order valence-corrected chi connectivity index (χ2v) is 15.6. The molecule has 39 heavy (non-hydrogen) atoms. The largest absolute Gasteiger partial charge is 0.267 e. The molecule has 0 aliphatic heterocycles. The predicted molar refractivity (Wildman–Crippen MR) is 180 cm³/mol. The van der Waals surface area contributed by atoms with Crippen LogP contribution in [0.15, 0.2) is 0 Å². The van der Waals surface area contributed by atoms with Crippen LogP contribution < -0.4 is 0 Å². The van der Waals surface area contributed by atoms with Crippen molar-refractivity contribution in [2.45, 2.75) is 219 Å². The molecule has 0 amide bonds. The maximum absolute atomic E-state index is 10.4. The van der Waals surface area contributed by atoms with Gasteiger partial charge in [-0.1, -0.05) is 194 Å². The van der Waals surface area contributed by atoms with Gasteiger partial charge in [0.15, 0.2) is 0 Å². The highest BCUT2D eigenvalue weighted by Gasteiger charge is 2.30. The van der Waals surface area contributed by atoms with E-state index in [1.54, 1.807) is 0 Å². The molecule has 0 atom stereocenters. The molecule has 0 fully saturated rings. The SMILES string of the molecule is CCCCCCCCCCCCCCCCCC[P+](O)(O)CCCCCCCCCCCCCCCCCC. The molecule has 0 spiro atoms. The minimum Gasteiger partial charge on any atom is -0.220 e. The first-order valence-corrected chi connectivity index (χ1v) is 20.5. The monoisotopic (exact) mass is 572 g/mol. The lowest BCUT2D eigenvalue weighted by molar-refractivity contribution is 0.439. The van der Waals surface area contributed by atoms with Gasteiger partial charge in [0.25, 0.3) is 7.72 Å². The number of unbranched alkanes of at least 4 members (excludes halogenated alkanes) is 30. The Balaban J connectivity index is 3.26. The highest BCUT2D eigenvalue weighted by molar-refractivity contribution is 7.64. The molecule has 236 valence electrons. The molecular weight excluding hydrogens is 495 g/mol. The van der Waals surface area contributed by atoms with Crippen molar-refractivity contribution in [1.82, 2.24) is 0 Å². The summed E-state index contributed by atoms with van der Waals surface area (Å²) in [6.45, 7) is 4.58. The minimum atomic E-state index is -2.62. The molecular formula is C36H76O2P+. The Bertz CT molecular complexity index is 402. The van der Waals surface area contributed by atoms with Crippen LogP contribution in [-0.4, -0.2) is 22.1 Å². The van der Waals surface area contributed by atoms with Crippen LogP contribution in [0, 0.1) is 0 Å². The maximum Gasteiger partial charge on any atom is 0.267 e. The fourth-order valence-electron chi connectivity index (χ4n) is 5.94. The van der Waals surface area contributed by atoms with E-state index in [9.17, 15) is 9.79 Å². The van der Waals surface area contributed by atoms with Crippen molar-refractivity contribution in [2.24, 2.45) is 0 Å². The Morgan fingerprint density at radius 1 is 0.256 bits per heavy atom. The van der Waals surface area contributed by atoms with Gasteiger partial charge in [0.2, 0.25) is 0 Å². The Kier molecular flexibility index (Phi) is 33.2. The Hall–Kier alpha value is 0.350. The van der Waals surface area contributed by atoms with E-state index in [1.807, 2.05) is 0 Å². The van der Waals surface area contributed by atoms with Gasteiger partial charge in [-0.25, -0.2) is 9.79 Å². The third-order valence-electron chi connectivity index (χ3n) is 8.74. The van der Waals surface area contributed by atoms with Crippen molar-refractivity contribution in [2.75, 3.05) is 12.3 Å². The van der Waals surface area contributed by atoms with Crippen molar-refractivity contribution in [3.63, 3.8) is 0 Å². The number of rotatable bonds is 34. The minimum absolute atomic E-state index is 0.671. The van der Waals surface area contributed by atoms with E-state index in [-0.39, 0.29) is 0 Å². The highest BCUT2D eigenvalue weighted by atomic mass is 31.2. The molecule has 0 aliphatic rings. The Labute approximate surface area is 248 Å². The average molecular weight is 572 g/mol.